The third kappa shape index (κ3) is 7.17. The van der Waals surface area contributed by atoms with Gasteiger partial charge in [-0.05, 0) is 19.3 Å². The Kier molecular flexibility index (Phi) is 7.76. The number of hydrogen-bond donors (Lipinski definition) is 2. The average Bonchev–Trinajstić information content (AvgIpc) is 3.10. The van der Waals surface area contributed by atoms with E-state index in [0.717, 1.165) is 13.0 Å². The van der Waals surface area contributed by atoms with Crippen molar-refractivity contribution < 1.29 is 14.6 Å². The molecule has 4 nitrogen and oxygen atoms in total. The maximum absolute atomic E-state index is 9.10. The Labute approximate surface area is 98.3 Å². The Balaban J connectivity index is 1.84. The second-order valence-corrected chi connectivity index (χ2v) is 4.36. The number of unbranched alkanes of at least 4 members (excludes halogenated alkanes) is 1. The minimum Gasteiger partial charge on any atom is -0.395 e. The molecule has 0 aromatic heterocycles. The van der Waals surface area contributed by atoms with Gasteiger partial charge in [0.25, 0.3) is 0 Å². The van der Waals surface area contributed by atoms with Crippen molar-refractivity contribution in [3.05, 3.63) is 0 Å². The lowest BCUT2D eigenvalue weighted by molar-refractivity contribution is 0.0308. The van der Waals surface area contributed by atoms with Gasteiger partial charge in [-0.25, -0.2) is 0 Å². The fourth-order valence-electron chi connectivity index (χ4n) is 1.43. The van der Waals surface area contributed by atoms with Crippen LogP contribution in [0.5, 0.6) is 0 Å². The summed E-state index contributed by atoms with van der Waals surface area (Å²) in [5.41, 5.74) is 0. The highest BCUT2D eigenvalue weighted by molar-refractivity contribution is 4.84. The number of ether oxygens (including phenoxy) is 2. The maximum atomic E-state index is 9.10. The van der Waals surface area contributed by atoms with Crippen LogP contribution in [0, 0.1) is 0 Å². The molecular formula is C12H25NO3. The van der Waals surface area contributed by atoms with Crippen LogP contribution in [0.2, 0.25) is 0 Å². The fraction of sp³-hybridized carbons (Fsp3) is 1.00. The van der Waals surface area contributed by atoms with E-state index in [-0.39, 0.29) is 12.6 Å². The van der Waals surface area contributed by atoms with Gasteiger partial charge in [0.05, 0.1) is 32.5 Å². The van der Waals surface area contributed by atoms with Gasteiger partial charge in [0.2, 0.25) is 0 Å². The van der Waals surface area contributed by atoms with Gasteiger partial charge in [-0.3, -0.25) is 0 Å². The molecule has 4 heteroatoms. The number of aliphatic hydroxyl groups is 1. The zero-order chi connectivity index (χ0) is 11.6. The van der Waals surface area contributed by atoms with Gasteiger partial charge in [0.15, 0.2) is 0 Å². The molecule has 0 radical (unpaired) electrons. The molecule has 0 aromatic carbocycles. The molecule has 0 aromatic rings. The first-order chi connectivity index (χ1) is 7.86. The van der Waals surface area contributed by atoms with E-state index in [0.29, 0.717) is 25.9 Å². The van der Waals surface area contributed by atoms with E-state index in [2.05, 4.69) is 12.2 Å². The highest BCUT2D eigenvalue weighted by Gasteiger charge is 2.24. The Bertz CT molecular complexity index is 162. The molecule has 0 bridgehead atoms. The van der Waals surface area contributed by atoms with Crippen LogP contribution in [0.25, 0.3) is 0 Å². The van der Waals surface area contributed by atoms with E-state index in [1.54, 1.807) is 0 Å². The molecule has 16 heavy (non-hydrogen) atoms. The molecule has 1 fully saturated rings. The van der Waals surface area contributed by atoms with Gasteiger partial charge in [-0.15, -0.1) is 0 Å². The van der Waals surface area contributed by atoms with Crippen LogP contribution in [0.1, 0.15) is 32.6 Å². The van der Waals surface area contributed by atoms with E-state index in [9.17, 15) is 0 Å². The highest BCUT2D eigenvalue weighted by Crippen LogP contribution is 2.19. The largest absolute Gasteiger partial charge is 0.395 e. The van der Waals surface area contributed by atoms with Crippen LogP contribution >= 0.6 is 0 Å². The second-order valence-electron chi connectivity index (χ2n) is 4.36. The summed E-state index contributed by atoms with van der Waals surface area (Å²) in [6.07, 6.45) is 4.74. The lowest BCUT2D eigenvalue weighted by Gasteiger charge is -2.15. The number of nitrogens with one attached hydrogen (secondary N) is 1. The van der Waals surface area contributed by atoms with Gasteiger partial charge in [0.1, 0.15) is 0 Å². The third-order valence-electron chi connectivity index (χ3n) is 2.60. The van der Waals surface area contributed by atoms with E-state index in [1.807, 2.05) is 0 Å². The summed E-state index contributed by atoms with van der Waals surface area (Å²) >= 11 is 0. The maximum Gasteiger partial charge on any atom is 0.0701 e. The van der Waals surface area contributed by atoms with E-state index >= 15 is 0 Å². The molecule has 0 amide bonds. The molecule has 2 N–H and O–H groups in total. The zero-order valence-electron chi connectivity index (χ0n) is 10.3. The number of hydrogen-bond acceptors (Lipinski definition) is 4. The minimum absolute atomic E-state index is 0.0862. The van der Waals surface area contributed by atoms with Crippen LogP contribution < -0.4 is 5.32 Å². The van der Waals surface area contributed by atoms with Crippen molar-refractivity contribution in [2.24, 2.45) is 0 Å². The van der Waals surface area contributed by atoms with Crippen molar-refractivity contribution >= 4 is 0 Å². The summed E-state index contributed by atoms with van der Waals surface area (Å²) in [7, 11) is 0. The van der Waals surface area contributed by atoms with Crippen LogP contribution in [0.4, 0.5) is 0 Å². The Morgan fingerprint density at radius 3 is 2.62 bits per heavy atom. The lowest BCUT2D eigenvalue weighted by Crippen LogP contribution is -2.38. The smallest absolute Gasteiger partial charge is 0.0701 e. The third-order valence-corrected chi connectivity index (χ3v) is 2.60. The topological polar surface area (TPSA) is 50.7 Å². The Hall–Kier alpha value is -0.160. The van der Waals surface area contributed by atoms with E-state index in [4.69, 9.17) is 14.6 Å². The van der Waals surface area contributed by atoms with Crippen molar-refractivity contribution in [3.8, 4) is 0 Å². The quantitative estimate of drug-likeness (QED) is 0.519. The van der Waals surface area contributed by atoms with Crippen LogP contribution in [-0.4, -0.2) is 50.2 Å². The Morgan fingerprint density at radius 2 is 2.00 bits per heavy atom. The van der Waals surface area contributed by atoms with Crippen molar-refractivity contribution in [1.29, 1.82) is 0 Å². The normalized spacial score (nSPS) is 17.6. The summed E-state index contributed by atoms with van der Waals surface area (Å²) in [4.78, 5) is 0. The van der Waals surface area contributed by atoms with Crippen LogP contribution in [0.3, 0.4) is 0 Å². The van der Waals surface area contributed by atoms with E-state index < -0.39 is 0 Å². The van der Waals surface area contributed by atoms with Crippen LogP contribution in [0.15, 0.2) is 0 Å². The van der Waals surface area contributed by atoms with E-state index in [1.165, 1.54) is 19.3 Å². The zero-order valence-corrected chi connectivity index (χ0v) is 10.3. The molecule has 1 unspecified atom stereocenters. The molecule has 0 saturated heterocycles. The first kappa shape index (κ1) is 13.9. The molecule has 1 aliphatic carbocycles. The van der Waals surface area contributed by atoms with Gasteiger partial charge >= 0.3 is 0 Å². The van der Waals surface area contributed by atoms with Crippen molar-refractivity contribution in [2.45, 2.75) is 44.7 Å². The average molecular weight is 231 g/mol. The summed E-state index contributed by atoms with van der Waals surface area (Å²) in [5, 5.41) is 12.4. The molecule has 0 spiro atoms. The number of aliphatic hydroxyl groups excluding tert-OH is 1. The predicted molar refractivity (Wildman–Crippen MR) is 63.6 cm³/mol. The summed E-state index contributed by atoms with van der Waals surface area (Å²) in [6, 6.07) is 0.699. The van der Waals surface area contributed by atoms with Crippen molar-refractivity contribution in [3.63, 3.8) is 0 Å². The van der Waals surface area contributed by atoms with Gasteiger partial charge in [-0.2, -0.15) is 0 Å². The lowest BCUT2D eigenvalue weighted by atomic mass is 10.3. The summed E-state index contributed by atoms with van der Waals surface area (Å²) < 4.78 is 10.8. The summed E-state index contributed by atoms with van der Waals surface area (Å²) in [6.45, 7) is 4.96. The molecule has 1 atom stereocenters. The highest BCUT2D eigenvalue weighted by atomic mass is 16.5. The molecule has 96 valence electrons. The van der Waals surface area contributed by atoms with Gasteiger partial charge < -0.3 is 19.9 Å². The molecule has 1 rings (SSSR count). The van der Waals surface area contributed by atoms with Crippen molar-refractivity contribution in [2.75, 3.05) is 33.0 Å². The SMILES string of the molecule is CCCCOCCOCC(CO)NC1CC1. The van der Waals surface area contributed by atoms with Crippen molar-refractivity contribution in [1.82, 2.24) is 5.32 Å². The molecule has 1 aliphatic rings. The monoisotopic (exact) mass is 231 g/mol. The minimum atomic E-state index is 0.0862. The number of rotatable bonds is 11. The molecule has 0 heterocycles. The second kappa shape index (κ2) is 8.93. The first-order valence-electron chi connectivity index (χ1n) is 6.39. The van der Waals surface area contributed by atoms with Crippen LogP contribution in [-0.2, 0) is 9.47 Å². The summed E-state index contributed by atoms with van der Waals surface area (Å²) in [5.74, 6) is 0. The molecular weight excluding hydrogens is 206 g/mol. The predicted octanol–water partition coefficient (Wildman–Crippen LogP) is 0.933. The standard InChI is InChI=1S/C12H25NO3/c1-2-3-6-15-7-8-16-10-12(9-14)13-11-4-5-11/h11-14H,2-10H2,1H3. The molecule has 0 aliphatic heterocycles. The molecule has 1 saturated carbocycles. The Morgan fingerprint density at radius 1 is 1.25 bits per heavy atom. The van der Waals surface area contributed by atoms with Gasteiger partial charge in [-0.1, -0.05) is 13.3 Å². The first-order valence-corrected chi connectivity index (χ1v) is 6.39. The van der Waals surface area contributed by atoms with Gasteiger partial charge in [0, 0.05) is 12.6 Å². The fourth-order valence-corrected chi connectivity index (χ4v) is 1.43.